The monoisotopic (exact) mass is 494 g/mol. The summed E-state index contributed by atoms with van der Waals surface area (Å²) in [6.45, 7) is 10.00. The number of fused-ring (bicyclic) bond motifs is 4. The van der Waals surface area contributed by atoms with Crippen LogP contribution in [0.4, 0.5) is 0 Å². The molecular weight excluding hydrogens is 460 g/mol. The summed E-state index contributed by atoms with van der Waals surface area (Å²) in [4.78, 5) is 54.0. The number of allylic oxidation sites excluding steroid dienone is 2. The van der Waals surface area contributed by atoms with Gasteiger partial charge in [-0.25, -0.2) is 4.79 Å². The molecule has 0 radical (unpaired) electrons. The molecule has 2 aliphatic heterocycles. The normalized spacial score (nSPS) is 56.7. The molecular formula is C29H34O7. The molecule has 6 fully saturated rings. The lowest BCUT2D eigenvalue weighted by molar-refractivity contribution is -0.169. The van der Waals surface area contributed by atoms with Crippen molar-refractivity contribution in [2.24, 2.45) is 57.7 Å². The molecule has 7 rings (SSSR count). The molecule has 7 aliphatic rings. The van der Waals surface area contributed by atoms with Gasteiger partial charge in [-0.1, -0.05) is 26.5 Å². The van der Waals surface area contributed by atoms with Crippen LogP contribution in [0.1, 0.15) is 52.9 Å². The number of ketones is 2. The van der Waals surface area contributed by atoms with E-state index in [1.807, 2.05) is 13.0 Å². The maximum absolute atomic E-state index is 14.2. The van der Waals surface area contributed by atoms with Gasteiger partial charge in [0.1, 0.15) is 18.0 Å². The molecule has 1 spiro atoms. The molecule has 4 saturated carbocycles. The quantitative estimate of drug-likeness (QED) is 0.408. The second kappa shape index (κ2) is 6.77. The summed E-state index contributed by atoms with van der Waals surface area (Å²) < 4.78 is 11.8. The number of esters is 2. The zero-order valence-electron chi connectivity index (χ0n) is 21.1. The van der Waals surface area contributed by atoms with Crippen LogP contribution in [0.2, 0.25) is 0 Å². The highest BCUT2D eigenvalue weighted by Gasteiger charge is 2.83. The van der Waals surface area contributed by atoms with Crippen LogP contribution >= 0.6 is 0 Å². The van der Waals surface area contributed by atoms with Crippen LogP contribution < -0.4 is 0 Å². The lowest BCUT2D eigenvalue weighted by Gasteiger charge is -2.49. The zero-order valence-corrected chi connectivity index (χ0v) is 21.1. The SMILES string of the molecule is C=C1C(=O)O[C@@H]2C[C@@H](C)[C@@H]3[C@@H]4CC(=O)[C@@]3(C[C@H]12)[C@@]1(C4)C(=O)O[C@@H]2C[C@@H](C)[C@H]3C=CC(=O)[C@@]3(C)[C@@H](O)[C@@H]21. The molecule has 7 heteroatoms. The highest BCUT2D eigenvalue weighted by molar-refractivity contribution is 6.00. The maximum atomic E-state index is 14.2. The van der Waals surface area contributed by atoms with Crippen molar-refractivity contribution in [3.05, 3.63) is 24.3 Å². The Labute approximate surface area is 210 Å². The van der Waals surface area contributed by atoms with Crippen LogP contribution in [-0.4, -0.2) is 46.9 Å². The summed E-state index contributed by atoms with van der Waals surface area (Å²) in [6.07, 6.45) is 3.86. The number of aliphatic hydroxyl groups excluding tert-OH is 1. The van der Waals surface area contributed by atoms with Crippen molar-refractivity contribution in [1.82, 2.24) is 0 Å². The highest BCUT2D eigenvalue weighted by Crippen LogP contribution is 2.77. The minimum atomic E-state index is -1.21. The second-order valence-corrected chi connectivity index (χ2v) is 13.2. The van der Waals surface area contributed by atoms with Gasteiger partial charge in [0.25, 0.3) is 0 Å². The van der Waals surface area contributed by atoms with Crippen molar-refractivity contribution < 1.29 is 33.8 Å². The third-order valence-corrected chi connectivity index (χ3v) is 12.0. The largest absolute Gasteiger partial charge is 0.461 e. The number of hydrogen-bond donors (Lipinski definition) is 1. The van der Waals surface area contributed by atoms with Crippen molar-refractivity contribution in [3.8, 4) is 0 Å². The second-order valence-electron chi connectivity index (χ2n) is 13.2. The van der Waals surface area contributed by atoms with Crippen molar-refractivity contribution >= 4 is 23.5 Å². The lowest BCUT2D eigenvalue weighted by atomic mass is 9.49. The Balaban J connectivity index is 1.43. The predicted molar refractivity (Wildman–Crippen MR) is 126 cm³/mol. The van der Waals surface area contributed by atoms with E-state index in [4.69, 9.17) is 9.47 Å². The first-order chi connectivity index (χ1) is 17.0. The number of carbonyl (C=O) groups excluding carboxylic acids is 4. The molecule has 2 saturated heterocycles. The smallest absolute Gasteiger partial charge is 0.334 e. The van der Waals surface area contributed by atoms with Crippen LogP contribution in [0.25, 0.3) is 0 Å². The molecule has 5 aliphatic carbocycles. The Morgan fingerprint density at radius 3 is 2.44 bits per heavy atom. The fraction of sp³-hybridized carbons (Fsp3) is 0.724. The van der Waals surface area contributed by atoms with E-state index in [2.05, 4.69) is 20.4 Å². The van der Waals surface area contributed by atoms with Gasteiger partial charge in [0.05, 0.1) is 16.9 Å². The fourth-order valence-corrected chi connectivity index (χ4v) is 10.7. The van der Waals surface area contributed by atoms with Crippen LogP contribution in [0, 0.1) is 57.7 Å². The summed E-state index contributed by atoms with van der Waals surface area (Å²) in [5.74, 6) is -1.99. The van der Waals surface area contributed by atoms with E-state index in [1.54, 1.807) is 6.08 Å². The van der Waals surface area contributed by atoms with E-state index >= 15 is 0 Å². The Kier molecular flexibility index (Phi) is 4.30. The highest BCUT2D eigenvalue weighted by atomic mass is 16.6. The molecule has 2 heterocycles. The number of rotatable bonds is 0. The number of ether oxygens (including phenoxy) is 2. The predicted octanol–water partition coefficient (Wildman–Crippen LogP) is 2.80. The van der Waals surface area contributed by atoms with Gasteiger partial charge in [-0.3, -0.25) is 14.4 Å². The van der Waals surface area contributed by atoms with Gasteiger partial charge in [-0.15, -0.1) is 0 Å². The van der Waals surface area contributed by atoms with E-state index < -0.39 is 46.3 Å². The molecule has 0 aromatic heterocycles. The van der Waals surface area contributed by atoms with Crippen LogP contribution in [-0.2, 0) is 28.7 Å². The van der Waals surface area contributed by atoms with E-state index in [0.717, 1.165) is 0 Å². The van der Waals surface area contributed by atoms with Crippen molar-refractivity contribution in [1.29, 1.82) is 0 Å². The van der Waals surface area contributed by atoms with Crippen molar-refractivity contribution in [3.63, 3.8) is 0 Å². The molecule has 36 heavy (non-hydrogen) atoms. The van der Waals surface area contributed by atoms with Gasteiger partial charge in [0.2, 0.25) is 0 Å². The van der Waals surface area contributed by atoms with Gasteiger partial charge in [0, 0.05) is 29.2 Å². The van der Waals surface area contributed by atoms with Crippen molar-refractivity contribution in [2.45, 2.75) is 71.2 Å². The summed E-state index contributed by atoms with van der Waals surface area (Å²) in [6, 6.07) is 0. The standard InChI is InChI=1S/C29H34O7/c1-12-7-19-23(24(32)27(4)17(12)5-6-20(27)30)29(26(34)36-19)10-15-9-21(31)28(29)11-16-14(3)25(33)35-18(16)8-13(2)22(15)28/h5-6,12-13,15-19,22-24,32H,3,7-11H2,1-2,4H3/t12-,13-,15-,16-,17-,18-,19-,22-,23-,24+,27+,28-,29-/m1/s1. The minimum Gasteiger partial charge on any atom is -0.461 e. The lowest BCUT2D eigenvalue weighted by Crippen LogP contribution is -2.59. The van der Waals surface area contributed by atoms with Crippen molar-refractivity contribution in [2.75, 3.05) is 0 Å². The van der Waals surface area contributed by atoms with E-state index in [0.29, 0.717) is 37.7 Å². The summed E-state index contributed by atoms with van der Waals surface area (Å²) >= 11 is 0. The van der Waals surface area contributed by atoms with Gasteiger partial charge in [0.15, 0.2) is 5.78 Å². The summed E-state index contributed by atoms with van der Waals surface area (Å²) in [7, 11) is 0. The fourth-order valence-electron chi connectivity index (χ4n) is 10.7. The van der Waals surface area contributed by atoms with Gasteiger partial charge in [-0.2, -0.15) is 0 Å². The first-order valence-corrected chi connectivity index (χ1v) is 13.5. The first-order valence-electron chi connectivity index (χ1n) is 13.5. The first kappa shape index (κ1) is 22.9. The van der Waals surface area contributed by atoms with Crippen LogP contribution in [0.5, 0.6) is 0 Å². The molecule has 13 atom stereocenters. The van der Waals surface area contributed by atoms with Crippen LogP contribution in [0.15, 0.2) is 24.3 Å². The third-order valence-electron chi connectivity index (χ3n) is 12.0. The molecule has 0 aromatic rings. The summed E-state index contributed by atoms with van der Waals surface area (Å²) in [5.41, 5.74) is -2.96. The maximum Gasteiger partial charge on any atom is 0.334 e. The minimum absolute atomic E-state index is 0.00970. The molecule has 7 nitrogen and oxygen atoms in total. The van der Waals surface area contributed by atoms with E-state index in [9.17, 15) is 24.3 Å². The average molecular weight is 495 g/mol. The van der Waals surface area contributed by atoms with Gasteiger partial charge in [-0.05, 0) is 68.3 Å². The number of hydrogen-bond acceptors (Lipinski definition) is 7. The number of carbonyl (C=O) groups is 4. The molecule has 192 valence electrons. The number of Topliss-reactive ketones (excluding diaryl/α,β-unsaturated/α-hetero) is 1. The zero-order chi connectivity index (χ0) is 25.5. The summed E-state index contributed by atoms with van der Waals surface area (Å²) in [5, 5.41) is 12.1. The molecule has 0 unspecified atom stereocenters. The van der Waals surface area contributed by atoms with E-state index in [-0.39, 0.29) is 53.2 Å². The Morgan fingerprint density at radius 1 is 0.972 bits per heavy atom. The Morgan fingerprint density at radius 2 is 1.69 bits per heavy atom. The third kappa shape index (κ3) is 2.24. The molecule has 0 aromatic carbocycles. The van der Waals surface area contributed by atoms with Crippen LogP contribution in [0.3, 0.4) is 0 Å². The number of aliphatic hydroxyl groups is 1. The average Bonchev–Trinajstić information content (AvgIpc) is 3.48. The van der Waals surface area contributed by atoms with Gasteiger partial charge < -0.3 is 14.6 Å². The Hall–Kier alpha value is -2.28. The van der Waals surface area contributed by atoms with E-state index in [1.165, 1.54) is 0 Å². The molecule has 2 bridgehead atoms. The Bertz CT molecular complexity index is 1170. The molecule has 1 N–H and O–H groups in total. The van der Waals surface area contributed by atoms with Gasteiger partial charge >= 0.3 is 11.9 Å². The molecule has 0 amide bonds. The topological polar surface area (TPSA) is 107 Å².